The summed E-state index contributed by atoms with van der Waals surface area (Å²) >= 11 is 0. The van der Waals surface area contributed by atoms with Gasteiger partial charge in [-0.2, -0.15) is 0 Å². The van der Waals surface area contributed by atoms with E-state index in [9.17, 15) is 4.79 Å². The second kappa shape index (κ2) is 10.2. The topological polar surface area (TPSA) is 26.3 Å². The zero-order valence-electron chi connectivity index (χ0n) is 13.6. The molecule has 0 N–H and O–H groups in total. The van der Waals surface area contributed by atoms with Crippen molar-refractivity contribution < 1.29 is 9.53 Å². The first-order valence-corrected chi connectivity index (χ1v) is 8.14. The third-order valence-electron chi connectivity index (χ3n) is 3.43. The largest absolute Gasteiger partial charge is 0.455 e. The number of benzene rings is 1. The van der Waals surface area contributed by atoms with Crippen molar-refractivity contribution in [2.45, 2.75) is 65.4 Å². The van der Waals surface area contributed by atoms with Gasteiger partial charge in [0.05, 0.1) is 5.56 Å². The number of unbranched alkanes of at least 4 members (excludes halogenated alkanes) is 3. The molecule has 0 radical (unpaired) electrons. The highest BCUT2D eigenvalue weighted by molar-refractivity contribution is 5.89. The Kier molecular flexibility index (Phi) is 8.49. The molecule has 0 aliphatic carbocycles. The lowest BCUT2D eigenvalue weighted by Crippen LogP contribution is -2.12. The molecular formula is C19H28O2. The molecule has 21 heavy (non-hydrogen) atoms. The van der Waals surface area contributed by atoms with E-state index >= 15 is 0 Å². The molecule has 0 bridgehead atoms. The fraction of sp³-hybridized carbons (Fsp3) is 0.526. The Morgan fingerprint density at radius 2 is 1.81 bits per heavy atom. The molecule has 0 aromatic heterocycles. The van der Waals surface area contributed by atoms with E-state index in [2.05, 4.69) is 19.9 Å². The van der Waals surface area contributed by atoms with Crippen molar-refractivity contribution in [3.8, 4) is 0 Å². The number of hydrogen-bond acceptors (Lipinski definition) is 2. The second-order valence-corrected chi connectivity index (χ2v) is 5.48. The number of carbonyl (C=O) groups is 1. The van der Waals surface area contributed by atoms with Gasteiger partial charge in [0.1, 0.15) is 6.10 Å². The molecule has 1 atom stereocenters. The maximum absolute atomic E-state index is 12.0. The van der Waals surface area contributed by atoms with Gasteiger partial charge in [0.2, 0.25) is 0 Å². The van der Waals surface area contributed by atoms with Gasteiger partial charge in [0.25, 0.3) is 0 Å². The summed E-state index contributed by atoms with van der Waals surface area (Å²) in [4.78, 5) is 12.0. The van der Waals surface area contributed by atoms with E-state index in [1.54, 1.807) is 0 Å². The van der Waals surface area contributed by atoms with E-state index in [0.29, 0.717) is 5.56 Å². The van der Waals surface area contributed by atoms with Gasteiger partial charge >= 0.3 is 5.97 Å². The fourth-order valence-electron chi connectivity index (χ4n) is 2.07. The summed E-state index contributed by atoms with van der Waals surface area (Å²) in [5, 5.41) is 0. The zero-order chi connectivity index (χ0) is 15.5. The smallest absolute Gasteiger partial charge is 0.338 e. The number of allylic oxidation sites excluding steroid dienone is 1. The van der Waals surface area contributed by atoms with Gasteiger partial charge in [-0.15, -0.1) is 0 Å². The van der Waals surface area contributed by atoms with Crippen molar-refractivity contribution in [1.82, 2.24) is 0 Å². The Balaban J connectivity index is 2.45. The first kappa shape index (κ1) is 17.5. The summed E-state index contributed by atoms with van der Waals surface area (Å²) in [5.41, 5.74) is 1.91. The van der Waals surface area contributed by atoms with Crippen molar-refractivity contribution >= 4 is 5.97 Å². The van der Waals surface area contributed by atoms with E-state index in [1.807, 2.05) is 37.3 Å². The molecule has 1 aromatic rings. The van der Waals surface area contributed by atoms with Crippen LogP contribution < -0.4 is 0 Å². The van der Waals surface area contributed by atoms with Crippen LogP contribution in [0.5, 0.6) is 0 Å². The normalized spacial score (nSPS) is 12.5. The molecule has 2 nitrogen and oxygen atoms in total. The van der Waals surface area contributed by atoms with Gasteiger partial charge in [-0.1, -0.05) is 51.3 Å². The molecule has 0 amide bonds. The summed E-state index contributed by atoms with van der Waals surface area (Å²) in [7, 11) is 0. The number of esters is 1. The Morgan fingerprint density at radius 1 is 1.14 bits per heavy atom. The van der Waals surface area contributed by atoms with Crippen molar-refractivity contribution in [3.05, 3.63) is 47.5 Å². The third-order valence-corrected chi connectivity index (χ3v) is 3.43. The van der Waals surface area contributed by atoms with Gasteiger partial charge in [0.15, 0.2) is 0 Å². The molecule has 1 rings (SSSR count). The first-order valence-electron chi connectivity index (χ1n) is 8.14. The van der Waals surface area contributed by atoms with Crippen molar-refractivity contribution in [2.24, 2.45) is 0 Å². The summed E-state index contributed by atoms with van der Waals surface area (Å²) in [6.07, 6.45) is 10.7. The summed E-state index contributed by atoms with van der Waals surface area (Å²) in [6, 6.07) is 7.77. The third kappa shape index (κ3) is 7.12. The molecule has 0 fully saturated rings. The molecule has 2 heteroatoms. The average molecular weight is 288 g/mol. The lowest BCUT2D eigenvalue weighted by atomic mass is 10.1. The van der Waals surface area contributed by atoms with Crippen LogP contribution in [0.2, 0.25) is 0 Å². The minimum atomic E-state index is -0.246. The SMILES string of the molecule is CCCC/C=C/C(C)OC(=O)c1ccc(CCCC)cc1. The van der Waals surface area contributed by atoms with Crippen LogP contribution in [0.1, 0.15) is 68.8 Å². The average Bonchev–Trinajstić information content (AvgIpc) is 2.50. The lowest BCUT2D eigenvalue weighted by Gasteiger charge is -2.09. The van der Waals surface area contributed by atoms with Crippen molar-refractivity contribution in [2.75, 3.05) is 0 Å². The quantitative estimate of drug-likeness (QED) is 0.349. The highest BCUT2D eigenvalue weighted by atomic mass is 16.5. The molecule has 0 heterocycles. The van der Waals surface area contributed by atoms with Gasteiger partial charge in [0, 0.05) is 0 Å². The van der Waals surface area contributed by atoms with Crippen molar-refractivity contribution in [1.29, 1.82) is 0 Å². The monoisotopic (exact) mass is 288 g/mol. The Hall–Kier alpha value is -1.57. The molecule has 0 aliphatic heterocycles. The van der Waals surface area contributed by atoms with E-state index in [1.165, 1.54) is 31.2 Å². The van der Waals surface area contributed by atoms with Gasteiger partial charge in [-0.05, 0) is 50.0 Å². The molecule has 1 unspecified atom stereocenters. The van der Waals surface area contributed by atoms with Gasteiger partial charge < -0.3 is 4.74 Å². The molecule has 0 aliphatic rings. The van der Waals surface area contributed by atoms with Crippen LogP contribution in [0.15, 0.2) is 36.4 Å². The predicted molar refractivity (Wildman–Crippen MR) is 88.6 cm³/mol. The Bertz CT molecular complexity index is 431. The minimum Gasteiger partial charge on any atom is -0.455 e. The van der Waals surface area contributed by atoms with Crippen LogP contribution in [0.25, 0.3) is 0 Å². The molecule has 116 valence electrons. The molecule has 0 spiro atoms. The molecule has 0 saturated heterocycles. The van der Waals surface area contributed by atoms with Crippen LogP contribution in [-0.2, 0) is 11.2 Å². The molecule has 0 saturated carbocycles. The Morgan fingerprint density at radius 3 is 2.43 bits per heavy atom. The van der Waals surface area contributed by atoms with Crippen molar-refractivity contribution in [3.63, 3.8) is 0 Å². The van der Waals surface area contributed by atoms with Crippen LogP contribution in [0.3, 0.4) is 0 Å². The summed E-state index contributed by atoms with van der Waals surface area (Å²) in [5.74, 6) is -0.246. The summed E-state index contributed by atoms with van der Waals surface area (Å²) < 4.78 is 5.41. The van der Waals surface area contributed by atoms with Crippen LogP contribution in [0, 0.1) is 0 Å². The number of carbonyl (C=O) groups excluding carboxylic acids is 1. The summed E-state index contributed by atoms with van der Waals surface area (Å²) in [6.45, 7) is 6.25. The standard InChI is InChI=1S/C19H28O2/c1-4-6-8-9-10-16(3)21-19(20)18-14-12-17(13-15-18)11-7-5-2/h9-10,12-16H,4-8,11H2,1-3H3/b10-9+. The van der Waals surface area contributed by atoms with E-state index in [0.717, 1.165) is 12.8 Å². The fourth-order valence-corrected chi connectivity index (χ4v) is 2.07. The zero-order valence-corrected chi connectivity index (χ0v) is 13.6. The highest BCUT2D eigenvalue weighted by Gasteiger charge is 2.09. The molecule has 1 aromatic carbocycles. The first-order chi connectivity index (χ1) is 10.2. The second-order valence-electron chi connectivity index (χ2n) is 5.48. The minimum absolute atomic E-state index is 0.172. The van der Waals surface area contributed by atoms with E-state index in [4.69, 9.17) is 4.74 Å². The number of hydrogen-bond donors (Lipinski definition) is 0. The van der Waals surface area contributed by atoms with Gasteiger partial charge in [-0.3, -0.25) is 0 Å². The maximum atomic E-state index is 12.0. The number of aryl methyl sites for hydroxylation is 1. The van der Waals surface area contributed by atoms with Crippen LogP contribution in [-0.4, -0.2) is 12.1 Å². The number of rotatable bonds is 9. The van der Waals surface area contributed by atoms with E-state index in [-0.39, 0.29) is 12.1 Å². The lowest BCUT2D eigenvalue weighted by molar-refractivity contribution is 0.0424. The number of ether oxygens (including phenoxy) is 1. The van der Waals surface area contributed by atoms with E-state index < -0.39 is 0 Å². The predicted octanol–water partition coefficient (Wildman–Crippen LogP) is 5.32. The molecular weight excluding hydrogens is 260 g/mol. The van der Waals surface area contributed by atoms with Crippen LogP contribution >= 0.6 is 0 Å². The Labute approximate surface area is 129 Å². The van der Waals surface area contributed by atoms with Gasteiger partial charge in [-0.25, -0.2) is 4.79 Å². The maximum Gasteiger partial charge on any atom is 0.338 e. The van der Waals surface area contributed by atoms with Crippen LogP contribution in [0.4, 0.5) is 0 Å². The highest BCUT2D eigenvalue weighted by Crippen LogP contribution is 2.10.